The minimum atomic E-state index is -4.85. The Hall–Kier alpha value is -0.930. The first kappa shape index (κ1) is 102. The maximum absolute atomic E-state index is 13.6. The van der Waals surface area contributed by atoms with E-state index in [1.807, 2.05) is 20.8 Å². The third-order valence-corrected chi connectivity index (χ3v) is 21.5. The summed E-state index contributed by atoms with van der Waals surface area (Å²) in [6.45, 7) is 7.66. The smallest absolute Gasteiger partial charge is 0.394 e. The molecule has 648 valence electrons. The van der Waals surface area contributed by atoms with Gasteiger partial charge in [-0.2, -0.15) is 0 Å². The SMILES string of the molecule is CCC(COCCCOC(C)C)COCCCOP(=O)(O)OCC(COCCCOP(=O)(O)OCCCCCCO[C@@H]1OC(CO)[C@H](O)[C@H](O)C1C)(COCCCOP(=O)(O)OCCCCCCO[C@@H]1OC(CO)[C@H](O)[C@H](O)C1C)COCCCOP(=O)(O)OCCCCO[C@@H]1OC(CO)[C@H](O)[C@H](O)C1NC(C)=O. The highest BCUT2D eigenvalue weighted by molar-refractivity contribution is 7.48. The van der Waals surface area contributed by atoms with Gasteiger partial charge < -0.3 is 128 Å². The van der Waals surface area contributed by atoms with Crippen molar-refractivity contribution in [3.05, 3.63) is 0 Å². The molecule has 39 nitrogen and oxygen atoms in total. The summed E-state index contributed by atoms with van der Waals surface area (Å²) in [5.41, 5.74) is -1.47. The third kappa shape index (κ3) is 43.9. The molecule has 3 aliphatic rings. The molecule has 1 amide bonds. The van der Waals surface area contributed by atoms with E-state index in [2.05, 4.69) is 5.32 Å². The van der Waals surface area contributed by atoms with E-state index in [0.29, 0.717) is 77.8 Å². The van der Waals surface area contributed by atoms with Gasteiger partial charge in [0.25, 0.3) is 0 Å². The topological polar surface area (TPSA) is 545 Å². The maximum atomic E-state index is 13.6. The first-order valence-electron chi connectivity index (χ1n) is 37.8. The molecule has 3 saturated heterocycles. The summed E-state index contributed by atoms with van der Waals surface area (Å²) in [6.07, 6.45) is -7.16. The van der Waals surface area contributed by atoms with Crippen LogP contribution in [-0.2, 0) is 116 Å². The largest absolute Gasteiger partial charge is 0.472 e. The van der Waals surface area contributed by atoms with Crippen LogP contribution in [0, 0.1) is 23.2 Å². The lowest BCUT2D eigenvalue weighted by Crippen LogP contribution is -2.64. The fourth-order valence-corrected chi connectivity index (χ4v) is 14.3. The van der Waals surface area contributed by atoms with Gasteiger partial charge in [0.15, 0.2) is 18.9 Å². The van der Waals surface area contributed by atoms with Crippen LogP contribution in [0.25, 0.3) is 0 Å². The number of phosphoric ester groups is 4. The van der Waals surface area contributed by atoms with Gasteiger partial charge in [0.05, 0.1) is 129 Å². The van der Waals surface area contributed by atoms with Crippen LogP contribution >= 0.6 is 31.3 Å². The lowest BCUT2D eigenvalue weighted by atomic mass is 9.92. The van der Waals surface area contributed by atoms with Crippen molar-refractivity contribution in [1.29, 1.82) is 0 Å². The molecule has 14 N–H and O–H groups in total. The number of nitrogens with one attached hydrogen (secondary N) is 1. The zero-order valence-corrected chi connectivity index (χ0v) is 67.7. The Morgan fingerprint density at radius 2 is 0.697 bits per heavy atom. The number of amides is 1. The standard InChI is InChI=1S/C66H131NO38P4/c1-7-52(42-86-23-18-31-91-48(2)3)43-87-24-19-35-101-109(84,85)102-47-66(44-88-25-20-36-98-106(78,79)95-32-14-10-8-12-28-92-63-49(4)57(72)59(74)53(39-68)103-63,45-89-26-21-37-99-107(80,81)96-33-15-11-9-13-29-93-64-50(5)58(73)60(75)54(40-69)104-64)46-90-27-22-38-100-108(82,83)97-34-17-16-30-94-65-56(67-51(6)71)62(77)61(76)55(41-70)105-65/h48-50,52-65,68-70,72-77H,7-47H2,1-6H3,(H,67,71)(H,78,79)(H,80,81)(H,82,83)(H,84,85)/t49?,50?,52?,53?,54?,55?,56?,57-,58-,59+,60+,61+,62-,63-,64-,65-,66?/m1/s1. The molecule has 3 aliphatic heterocycles. The highest BCUT2D eigenvalue weighted by atomic mass is 31.2. The third-order valence-electron chi connectivity index (χ3n) is 17.5. The predicted octanol–water partition coefficient (Wildman–Crippen LogP) is 3.04. The van der Waals surface area contributed by atoms with Crippen molar-refractivity contribution in [2.45, 2.75) is 230 Å². The first-order chi connectivity index (χ1) is 51.8. The van der Waals surface area contributed by atoms with Crippen LogP contribution < -0.4 is 5.32 Å². The zero-order chi connectivity index (χ0) is 80.7. The molecule has 0 saturated carbocycles. The van der Waals surface area contributed by atoms with Gasteiger partial charge in [0.1, 0.15) is 48.8 Å². The molecule has 11 unspecified atom stereocenters. The van der Waals surface area contributed by atoms with Crippen LogP contribution in [0.3, 0.4) is 0 Å². The fraction of sp³-hybridized carbons (Fsp3) is 0.985. The van der Waals surface area contributed by atoms with Crippen LogP contribution in [0.4, 0.5) is 0 Å². The molecule has 3 rings (SSSR count). The number of aliphatic hydroxyl groups excluding tert-OH is 9. The number of hydrogen-bond donors (Lipinski definition) is 14. The second-order valence-electron chi connectivity index (χ2n) is 27.5. The van der Waals surface area contributed by atoms with Crippen LogP contribution in [0.1, 0.15) is 144 Å². The number of ether oxygens (including phenoxy) is 12. The molecular formula is C66H131NO38P4. The molecule has 0 aromatic heterocycles. The Labute approximate surface area is 640 Å². The summed E-state index contributed by atoms with van der Waals surface area (Å²) in [4.78, 5) is 54.2. The molecule has 3 heterocycles. The highest BCUT2D eigenvalue weighted by Crippen LogP contribution is 2.47. The second-order valence-corrected chi connectivity index (χ2v) is 33.3. The van der Waals surface area contributed by atoms with E-state index in [0.717, 1.165) is 12.8 Å². The molecule has 0 radical (unpaired) electrons. The average Bonchev–Trinajstić information content (AvgIpc) is 0.831. The Balaban J connectivity index is 1.62. The number of unbranched alkanes of at least 4 members (excludes halogenated alkanes) is 7. The number of phosphoric acid groups is 4. The summed E-state index contributed by atoms with van der Waals surface area (Å²) in [6, 6.07) is -1.16. The maximum Gasteiger partial charge on any atom is 0.472 e. The Morgan fingerprint density at radius 3 is 1.06 bits per heavy atom. The summed E-state index contributed by atoms with van der Waals surface area (Å²) in [5.74, 6) is -1.52. The van der Waals surface area contributed by atoms with Crippen molar-refractivity contribution < 1.29 is 182 Å². The van der Waals surface area contributed by atoms with Crippen molar-refractivity contribution in [1.82, 2.24) is 5.32 Å². The van der Waals surface area contributed by atoms with E-state index in [9.17, 15) is 88.6 Å². The minimum absolute atomic E-state index is 0.00826. The fourth-order valence-electron chi connectivity index (χ4n) is 11.0. The quantitative estimate of drug-likeness (QED) is 0.0307. The molecule has 0 spiro atoms. The highest BCUT2D eigenvalue weighted by Gasteiger charge is 2.47. The van der Waals surface area contributed by atoms with E-state index in [4.69, 9.17) is 93.0 Å². The van der Waals surface area contributed by atoms with Crippen molar-refractivity contribution in [3.63, 3.8) is 0 Å². The molecule has 43 heteroatoms. The average molecular weight is 1670 g/mol. The van der Waals surface area contributed by atoms with Crippen LogP contribution in [0.2, 0.25) is 0 Å². The van der Waals surface area contributed by atoms with E-state index < -0.39 is 161 Å². The van der Waals surface area contributed by atoms with Crippen molar-refractivity contribution in [3.8, 4) is 0 Å². The van der Waals surface area contributed by atoms with Gasteiger partial charge in [-0.3, -0.25) is 41.0 Å². The summed E-state index contributed by atoms with van der Waals surface area (Å²) in [7, 11) is -18.5. The molecule has 3 fully saturated rings. The van der Waals surface area contributed by atoms with Gasteiger partial charge in [-0.15, -0.1) is 0 Å². The van der Waals surface area contributed by atoms with Gasteiger partial charge in [-0.05, 0) is 90.9 Å². The van der Waals surface area contributed by atoms with E-state index in [1.165, 1.54) is 6.92 Å². The Bertz CT molecular complexity index is 2440. The van der Waals surface area contributed by atoms with Crippen molar-refractivity contribution in [2.24, 2.45) is 23.2 Å². The monoisotopic (exact) mass is 1670 g/mol. The molecule has 0 bridgehead atoms. The predicted molar refractivity (Wildman–Crippen MR) is 385 cm³/mol. The van der Waals surface area contributed by atoms with Crippen LogP contribution in [0.15, 0.2) is 0 Å². The van der Waals surface area contributed by atoms with E-state index >= 15 is 0 Å². The van der Waals surface area contributed by atoms with Gasteiger partial charge in [-0.1, -0.05) is 46.5 Å². The number of hydrogen-bond acceptors (Lipinski definition) is 34. The Kier molecular flexibility index (Phi) is 53.7. The molecule has 0 aromatic rings. The van der Waals surface area contributed by atoms with E-state index in [-0.39, 0.29) is 163 Å². The molecule has 20 atom stereocenters. The van der Waals surface area contributed by atoms with Gasteiger partial charge in [0, 0.05) is 84.1 Å². The first-order valence-corrected chi connectivity index (χ1v) is 43.8. The van der Waals surface area contributed by atoms with Gasteiger partial charge in [-0.25, -0.2) is 18.3 Å². The lowest BCUT2D eigenvalue weighted by Gasteiger charge is -2.42. The summed E-state index contributed by atoms with van der Waals surface area (Å²) < 4.78 is 163. The number of rotatable bonds is 68. The normalized spacial score (nSPS) is 27.9. The van der Waals surface area contributed by atoms with E-state index in [1.54, 1.807) is 13.8 Å². The van der Waals surface area contributed by atoms with Crippen molar-refractivity contribution >= 4 is 37.2 Å². The minimum Gasteiger partial charge on any atom is -0.394 e. The molecule has 0 aliphatic carbocycles. The van der Waals surface area contributed by atoms with Crippen LogP contribution in [0.5, 0.6) is 0 Å². The zero-order valence-electron chi connectivity index (χ0n) is 64.1. The second kappa shape index (κ2) is 57.2. The Morgan fingerprint density at radius 1 is 0.394 bits per heavy atom. The number of carbonyl (C=O) groups is 1. The molecule has 0 aromatic carbocycles. The molecule has 109 heavy (non-hydrogen) atoms. The number of carbonyl (C=O) groups excluding carboxylic acids is 1. The summed E-state index contributed by atoms with van der Waals surface area (Å²) >= 11 is 0. The lowest BCUT2D eigenvalue weighted by molar-refractivity contribution is -0.282. The van der Waals surface area contributed by atoms with Gasteiger partial charge in [0.2, 0.25) is 5.91 Å². The number of aliphatic hydroxyl groups is 9. The van der Waals surface area contributed by atoms with Gasteiger partial charge >= 0.3 is 31.3 Å². The van der Waals surface area contributed by atoms with Crippen LogP contribution in [-0.4, -0.2) is 323 Å². The summed E-state index contributed by atoms with van der Waals surface area (Å²) in [5, 5.41) is 92.6. The molecular weight excluding hydrogens is 1540 g/mol. The van der Waals surface area contributed by atoms with Crippen molar-refractivity contribution in [2.75, 3.05) is 165 Å².